The Bertz CT molecular complexity index is 394. The maximum atomic E-state index is 11.9. The SMILES string of the molecule is NC1CCCCCC1NC(=O)COc1ccccc1. The third kappa shape index (κ3) is 4.56. The second-order valence-corrected chi connectivity index (χ2v) is 5.08. The van der Waals surface area contributed by atoms with Gasteiger partial charge in [0.15, 0.2) is 6.61 Å². The van der Waals surface area contributed by atoms with Gasteiger partial charge in [-0.2, -0.15) is 0 Å². The van der Waals surface area contributed by atoms with Crippen molar-refractivity contribution in [1.29, 1.82) is 0 Å². The zero-order valence-corrected chi connectivity index (χ0v) is 11.2. The monoisotopic (exact) mass is 262 g/mol. The Kier molecular flexibility index (Phi) is 5.21. The van der Waals surface area contributed by atoms with Crippen LogP contribution in [0.4, 0.5) is 0 Å². The van der Waals surface area contributed by atoms with E-state index < -0.39 is 0 Å². The smallest absolute Gasteiger partial charge is 0.258 e. The third-order valence-electron chi connectivity index (χ3n) is 3.53. The summed E-state index contributed by atoms with van der Waals surface area (Å²) in [5.41, 5.74) is 6.08. The minimum Gasteiger partial charge on any atom is -0.484 e. The molecule has 1 aromatic carbocycles. The Morgan fingerprint density at radius 3 is 2.74 bits per heavy atom. The molecule has 2 unspecified atom stereocenters. The van der Waals surface area contributed by atoms with Crippen molar-refractivity contribution in [3.8, 4) is 5.75 Å². The Balaban J connectivity index is 1.77. The van der Waals surface area contributed by atoms with Crippen LogP contribution >= 0.6 is 0 Å². The van der Waals surface area contributed by atoms with E-state index in [1.54, 1.807) is 0 Å². The number of hydrogen-bond acceptors (Lipinski definition) is 3. The zero-order chi connectivity index (χ0) is 13.5. The normalized spacial score (nSPS) is 23.4. The molecule has 1 aromatic rings. The van der Waals surface area contributed by atoms with E-state index in [-0.39, 0.29) is 24.6 Å². The number of rotatable bonds is 4. The topological polar surface area (TPSA) is 64.3 Å². The van der Waals surface area contributed by atoms with Crippen molar-refractivity contribution in [2.45, 2.75) is 44.2 Å². The van der Waals surface area contributed by atoms with Gasteiger partial charge in [-0.3, -0.25) is 4.79 Å². The van der Waals surface area contributed by atoms with Crippen molar-refractivity contribution in [2.24, 2.45) is 5.73 Å². The van der Waals surface area contributed by atoms with Crippen molar-refractivity contribution >= 4 is 5.91 Å². The fourth-order valence-electron chi connectivity index (χ4n) is 2.43. The van der Waals surface area contributed by atoms with E-state index in [4.69, 9.17) is 10.5 Å². The number of carbonyl (C=O) groups excluding carboxylic acids is 1. The molecule has 4 heteroatoms. The maximum absolute atomic E-state index is 11.9. The molecular weight excluding hydrogens is 240 g/mol. The second kappa shape index (κ2) is 7.14. The van der Waals surface area contributed by atoms with Gasteiger partial charge in [0.1, 0.15) is 5.75 Å². The number of para-hydroxylation sites is 1. The van der Waals surface area contributed by atoms with Crippen LogP contribution in [0.15, 0.2) is 30.3 Å². The van der Waals surface area contributed by atoms with Gasteiger partial charge in [0, 0.05) is 12.1 Å². The van der Waals surface area contributed by atoms with Crippen LogP contribution in [0.5, 0.6) is 5.75 Å². The molecule has 0 aliphatic heterocycles. The molecule has 1 fully saturated rings. The van der Waals surface area contributed by atoms with E-state index in [1.165, 1.54) is 6.42 Å². The summed E-state index contributed by atoms with van der Waals surface area (Å²) >= 11 is 0. The maximum Gasteiger partial charge on any atom is 0.258 e. The molecule has 4 nitrogen and oxygen atoms in total. The van der Waals surface area contributed by atoms with Crippen LogP contribution in [0.2, 0.25) is 0 Å². The molecular formula is C15H22N2O2. The number of benzene rings is 1. The van der Waals surface area contributed by atoms with Crippen LogP contribution in [0.25, 0.3) is 0 Å². The minimum atomic E-state index is -0.0915. The van der Waals surface area contributed by atoms with Gasteiger partial charge in [-0.05, 0) is 25.0 Å². The van der Waals surface area contributed by atoms with E-state index >= 15 is 0 Å². The van der Waals surface area contributed by atoms with Crippen molar-refractivity contribution in [3.05, 3.63) is 30.3 Å². The minimum absolute atomic E-state index is 0.0488. The summed E-state index contributed by atoms with van der Waals surface area (Å²) in [7, 11) is 0. The van der Waals surface area contributed by atoms with Crippen LogP contribution < -0.4 is 15.8 Å². The molecule has 0 spiro atoms. The third-order valence-corrected chi connectivity index (χ3v) is 3.53. The Hall–Kier alpha value is -1.55. The molecule has 3 N–H and O–H groups in total. The highest BCUT2D eigenvalue weighted by atomic mass is 16.5. The molecule has 1 saturated carbocycles. The summed E-state index contributed by atoms with van der Waals surface area (Å²) in [5, 5.41) is 2.99. The average molecular weight is 262 g/mol. The standard InChI is InChI=1S/C15H22N2O2/c16-13-9-5-2-6-10-14(13)17-15(18)11-19-12-7-3-1-4-8-12/h1,3-4,7-8,13-14H,2,5-6,9-11,16H2,(H,17,18). The number of hydrogen-bond donors (Lipinski definition) is 2. The van der Waals surface area contributed by atoms with E-state index in [9.17, 15) is 4.79 Å². The van der Waals surface area contributed by atoms with Crippen molar-refractivity contribution in [2.75, 3.05) is 6.61 Å². The van der Waals surface area contributed by atoms with Crippen LogP contribution in [0.1, 0.15) is 32.1 Å². The summed E-state index contributed by atoms with van der Waals surface area (Å²) in [6, 6.07) is 9.52. The van der Waals surface area contributed by atoms with Gasteiger partial charge in [-0.1, -0.05) is 37.5 Å². The van der Waals surface area contributed by atoms with Crippen molar-refractivity contribution in [3.63, 3.8) is 0 Å². The number of amides is 1. The molecule has 0 saturated heterocycles. The largest absolute Gasteiger partial charge is 0.484 e. The number of nitrogens with one attached hydrogen (secondary N) is 1. The molecule has 0 bridgehead atoms. The summed E-state index contributed by atoms with van der Waals surface area (Å²) in [6.07, 6.45) is 5.47. The lowest BCUT2D eigenvalue weighted by Gasteiger charge is -2.22. The van der Waals surface area contributed by atoms with E-state index in [1.807, 2.05) is 30.3 Å². The Morgan fingerprint density at radius 2 is 1.95 bits per heavy atom. The van der Waals surface area contributed by atoms with Gasteiger partial charge in [-0.25, -0.2) is 0 Å². The predicted octanol–water partition coefficient (Wildman–Crippen LogP) is 1.84. The number of nitrogens with two attached hydrogens (primary N) is 1. The van der Waals surface area contributed by atoms with Crippen LogP contribution in [0, 0.1) is 0 Å². The Morgan fingerprint density at radius 1 is 1.21 bits per heavy atom. The highest BCUT2D eigenvalue weighted by Crippen LogP contribution is 2.16. The molecule has 0 radical (unpaired) electrons. The zero-order valence-electron chi connectivity index (χ0n) is 11.2. The first-order valence-corrected chi connectivity index (χ1v) is 6.98. The fraction of sp³-hybridized carbons (Fsp3) is 0.533. The Labute approximate surface area is 114 Å². The molecule has 0 aromatic heterocycles. The molecule has 1 amide bonds. The quantitative estimate of drug-likeness (QED) is 0.814. The highest BCUT2D eigenvalue weighted by Gasteiger charge is 2.21. The van der Waals surface area contributed by atoms with Gasteiger partial charge in [0.25, 0.3) is 5.91 Å². The van der Waals surface area contributed by atoms with E-state index in [0.29, 0.717) is 5.75 Å². The molecule has 2 rings (SSSR count). The predicted molar refractivity (Wildman–Crippen MR) is 74.9 cm³/mol. The fourth-order valence-corrected chi connectivity index (χ4v) is 2.43. The number of carbonyl (C=O) groups is 1. The van der Waals surface area contributed by atoms with Gasteiger partial charge in [0.2, 0.25) is 0 Å². The lowest BCUT2D eigenvalue weighted by atomic mass is 10.0. The molecule has 19 heavy (non-hydrogen) atoms. The van der Waals surface area contributed by atoms with Gasteiger partial charge >= 0.3 is 0 Å². The first-order valence-electron chi connectivity index (χ1n) is 6.98. The summed E-state index contributed by atoms with van der Waals surface area (Å²) in [6.45, 7) is 0.0488. The average Bonchev–Trinajstić information content (AvgIpc) is 2.63. The second-order valence-electron chi connectivity index (χ2n) is 5.08. The van der Waals surface area contributed by atoms with Crippen LogP contribution in [0.3, 0.4) is 0 Å². The van der Waals surface area contributed by atoms with Crippen LogP contribution in [-0.4, -0.2) is 24.6 Å². The molecule has 0 heterocycles. The summed E-state index contributed by atoms with van der Waals surface area (Å²) in [5.74, 6) is 0.619. The van der Waals surface area contributed by atoms with Gasteiger partial charge in [-0.15, -0.1) is 0 Å². The van der Waals surface area contributed by atoms with Crippen molar-refractivity contribution < 1.29 is 9.53 Å². The van der Waals surface area contributed by atoms with Gasteiger partial charge in [0.05, 0.1) is 0 Å². The first kappa shape index (κ1) is 13.9. The van der Waals surface area contributed by atoms with Crippen LogP contribution in [-0.2, 0) is 4.79 Å². The highest BCUT2D eigenvalue weighted by molar-refractivity contribution is 5.77. The number of ether oxygens (including phenoxy) is 1. The lowest BCUT2D eigenvalue weighted by molar-refractivity contribution is -0.124. The first-order chi connectivity index (χ1) is 9.25. The lowest BCUT2D eigenvalue weighted by Crippen LogP contribution is -2.48. The van der Waals surface area contributed by atoms with E-state index in [0.717, 1.165) is 25.7 Å². The molecule has 1 aliphatic rings. The molecule has 2 atom stereocenters. The summed E-state index contributed by atoms with van der Waals surface area (Å²) in [4.78, 5) is 11.9. The van der Waals surface area contributed by atoms with Crippen molar-refractivity contribution in [1.82, 2.24) is 5.32 Å². The van der Waals surface area contributed by atoms with Gasteiger partial charge < -0.3 is 15.8 Å². The molecule has 104 valence electrons. The summed E-state index contributed by atoms with van der Waals surface area (Å²) < 4.78 is 5.42. The molecule has 1 aliphatic carbocycles. The van der Waals surface area contributed by atoms with E-state index in [2.05, 4.69) is 5.32 Å².